The van der Waals surface area contributed by atoms with Gasteiger partial charge in [-0.3, -0.25) is 0 Å². The Morgan fingerprint density at radius 2 is 1.63 bits per heavy atom. The molecular formula is C11H18F3NO4. The minimum absolute atomic E-state index is 0.777. The number of hydrogen-bond donors (Lipinski definition) is 1. The normalized spacial score (nSPS) is 15.4. The molecule has 0 saturated carbocycles. The summed E-state index contributed by atoms with van der Waals surface area (Å²) in [5.41, 5.74) is -0.883. The lowest BCUT2D eigenvalue weighted by Crippen LogP contribution is -2.51. The fraction of sp³-hybridized carbons (Fsp3) is 0.818. The molecule has 0 aromatic heterocycles. The summed E-state index contributed by atoms with van der Waals surface area (Å²) in [5, 5.41) is 1.87. The van der Waals surface area contributed by atoms with Gasteiger partial charge in [-0.2, -0.15) is 13.2 Å². The maximum Gasteiger partial charge on any atom is 0.408 e. The molecule has 19 heavy (non-hydrogen) atoms. The number of esters is 1. The van der Waals surface area contributed by atoms with Crippen molar-refractivity contribution in [3.05, 3.63) is 0 Å². The van der Waals surface area contributed by atoms with Gasteiger partial charge in [0.2, 0.25) is 0 Å². The Morgan fingerprint density at radius 1 is 1.16 bits per heavy atom. The van der Waals surface area contributed by atoms with Crippen LogP contribution in [0, 0.1) is 5.92 Å². The molecule has 0 fully saturated rings. The Balaban J connectivity index is 4.90. The first kappa shape index (κ1) is 17.5. The third-order valence-corrected chi connectivity index (χ3v) is 2.14. The van der Waals surface area contributed by atoms with E-state index >= 15 is 0 Å². The first-order valence-electron chi connectivity index (χ1n) is 5.52. The number of carbonyl (C=O) groups excluding carboxylic acids is 2. The van der Waals surface area contributed by atoms with E-state index in [4.69, 9.17) is 4.74 Å². The molecular weight excluding hydrogens is 267 g/mol. The largest absolute Gasteiger partial charge is 0.467 e. The van der Waals surface area contributed by atoms with E-state index in [1.807, 2.05) is 5.32 Å². The summed E-state index contributed by atoms with van der Waals surface area (Å²) >= 11 is 0. The van der Waals surface area contributed by atoms with Crippen molar-refractivity contribution in [3.8, 4) is 0 Å². The molecule has 0 saturated heterocycles. The van der Waals surface area contributed by atoms with E-state index < -0.39 is 35.8 Å². The summed E-state index contributed by atoms with van der Waals surface area (Å²) in [6.45, 7) is 5.42. The molecule has 8 heteroatoms. The van der Waals surface area contributed by atoms with Crippen LogP contribution in [0.5, 0.6) is 0 Å². The molecule has 1 unspecified atom stereocenters. The summed E-state index contributed by atoms with van der Waals surface area (Å²) in [7, 11) is 0.940. The van der Waals surface area contributed by atoms with E-state index in [0.29, 0.717) is 0 Å². The molecule has 5 nitrogen and oxygen atoms in total. The van der Waals surface area contributed by atoms with Crippen LogP contribution >= 0.6 is 0 Å². The molecule has 112 valence electrons. The minimum Gasteiger partial charge on any atom is -0.467 e. The van der Waals surface area contributed by atoms with E-state index in [-0.39, 0.29) is 0 Å². The van der Waals surface area contributed by atoms with Gasteiger partial charge in [-0.05, 0) is 20.8 Å². The highest BCUT2D eigenvalue weighted by Crippen LogP contribution is 2.29. The third kappa shape index (κ3) is 6.30. The van der Waals surface area contributed by atoms with Crippen LogP contribution in [-0.4, -0.2) is 37.0 Å². The first-order valence-corrected chi connectivity index (χ1v) is 5.52. The zero-order valence-electron chi connectivity index (χ0n) is 11.4. The Hall–Kier alpha value is -1.47. The number of ether oxygens (including phenoxy) is 2. The van der Waals surface area contributed by atoms with Gasteiger partial charge < -0.3 is 14.8 Å². The van der Waals surface area contributed by atoms with Crippen LogP contribution in [0.1, 0.15) is 27.7 Å². The Bertz CT molecular complexity index is 336. The Morgan fingerprint density at radius 3 is 1.95 bits per heavy atom. The fourth-order valence-electron chi connectivity index (χ4n) is 1.14. The highest BCUT2D eigenvalue weighted by Gasteiger charge is 2.46. The van der Waals surface area contributed by atoms with E-state index in [1.165, 1.54) is 0 Å². The predicted molar refractivity (Wildman–Crippen MR) is 60.4 cm³/mol. The molecule has 0 rings (SSSR count). The second-order valence-electron chi connectivity index (χ2n) is 4.98. The van der Waals surface area contributed by atoms with Gasteiger partial charge in [-0.15, -0.1) is 0 Å². The molecule has 2 atom stereocenters. The molecule has 0 aromatic rings. The second kappa shape index (κ2) is 6.12. The number of halogens is 3. The van der Waals surface area contributed by atoms with Crippen molar-refractivity contribution in [2.75, 3.05) is 7.11 Å². The van der Waals surface area contributed by atoms with Crippen molar-refractivity contribution in [2.24, 2.45) is 5.92 Å². The standard InChI is InChI=1S/C11H18F3NO4/c1-6(11(12,13)14)7(8(16)18-5)15-9(17)19-10(2,3)4/h6-7H,1-5H3,(H,15,17)/t6?,7-/m0/s1. The number of methoxy groups -OCH3 is 1. The molecule has 0 heterocycles. The maximum atomic E-state index is 12.6. The van der Waals surface area contributed by atoms with E-state index in [0.717, 1.165) is 14.0 Å². The number of alkyl halides is 3. The van der Waals surface area contributed by atoms with Gasteiger partial charge in [0.25, 0.3) is 0 Å². The molecule has 0 aliphatic carbocycles. The summed E-state index contributed by atoms with van der Waals surface area (Å²) in [6, 6.07) is -1.85. The monoisotopic (exact) mass is 285 g/mol. The molecule has 0 aromatic carbocycles. The van der Waals surface area contributed by atoms with Crippen LogP contribution in [0.2, 0.25) is 0 Å². The van der Waals surface area contributed by atoms with Gasteiger partial charge in [-0.1, -0.05) is 6.92 Å². The molecule has 0 aliphatic heterocycles. The van der Waals surface area contributed by atoms with E-state index in [9.17, 15) is 22.8 Å². The topological polar surface area (TPSA) is 64.6 Å². The van der Waals surface area contributed by atoms with Crippen LogP contribution in [0.25, 0.3) is 0 Å². The lowest BCUT2D eigenvalue weighted by molar-refractivity contribution is -0.185. The predicted octanol–water partition coefficient (Wildman–Crippen LogP) is 2.25. The number of carbonyl (C=O) groups is 2. The van der Waals surface area contributed by atoms with Gasteiger partial charge in [-0.25, -0.2) is 9.59 Å². The smallest absolute Gasteiger partial charge is 0.408 e. The summed E-state index contributed by atoms with van der Waals surface area (Å²) in [6.07, 6.45) is -5.76. The van der Waals surface area contributed by atoms with Crippen molar-refractivity contribution in [3.63, 3.8) is 0 Å². The average Bonchev–Trinajstić information content (AvgIpc) is 2.20. The zero-order valence-corrected chi connectivity index (χ0v) is 11.4. The average molecular weight is 285 g/mol. The number of hydrogen-bond acceptors (Lipinski definition) is 4. The van der Waals surface area contributed by atoms with Crippen LogP contribution in [0.15, 0.2) is 0 Å². The number of alkyl carbamates (subject to hydrolysis) is 1. The summed E-state index contributed by atoms with van der Waals surface area (Å²) < 4.78 is 46.8. The van der Waals surface area contributed by atoms with Crippen molar-refractivity contribution >= 4 is 12.1 Å². The molecule has 0 radical (unpaired) electrons. The van der Waals surface area contributed by atoms with Gasteiger partial charge in [0.15, 0.2) is 0 Å². The molecule has 1 N–H and O–H groups in total. The van der Waals surface area contributed by atoms with Crippen LogP contribution in [0.3, 0.4) is 0 Å². The summed E-state index contributed by atoms with van der Waals surface area (Å²) in [4.78, 5) is 22.7. The Labute approximate surface area is 109 Å². The van der Waals surface area contributed by atoms with E-state index in [2.05, 4.69) is 4.74 Å². The highest BCUT2D eigenvalue weighted by atomic mass is 19.4. The summed E-state index contributed by atoms with van der Waals surface area (Å²) in [5.74, 6) is -3.27. The zero-order chi connectivity index (χ0) is 15.4. The SMILES string of the molecule is COC(=O)[C@@H](NC(=O)OC(C)(C)C)C(C)C(F)(F)F. The number of nitrogens with one attached hydrogen (secondary N) is 1. The van der Waals surface area contributed by atoms with Crippen LogP contribution in [0.4, 0.5) is 18.0 Å². The molecule has 0 aliphatic rings. The van der Waals surface area contributed by atoms with Crippen molar-refractivity contribution in [2.45, 2.75) is 45.5 Å². The van der Waals surface area contributed by atoms with E-state index in [1.54, 1.807) is 20.8 Å². The molecule has 0 spiro atoms. The van der Waals surface area contributed by atoms with Crippen LogP contribution in [-0.2, 0) is 14.3 Å². The van der Waals surface area contributed by atoms with Gasteiger partial charge in [0.05, 0.1) is 13.0 Å². The molecule has 0 bridgehead atoms. The molecule has 1 amide bonds. The first-order chi connectivity index (χ1) is 8.38. The number of rotatable bonds is 3. The maximum absolute atomic E-state index is 12.6. The number of amides is 1. The third-order valence-electron chi connectivity index (χ3n) is 2.14. The van der Waals surface area contributed by atoms with Crippen molar-refractivity contribution < 1.29 is 32.2 Å². The van der Waals surface area contributed by atoms with Crippen LogP contribution < -0.4 is 5.32 Å². The van der Waals surface area contributed by atoms with Crippen molar-refractivity contribution in [1.82, 2.24) is 5.32 Å². The van der Waals surface area contributed by atoms with Crippen molar-refractivity contribution in [1.29, 1.82) is 0 Å². The second-order valence-corrected chi connectivity index (χ2v) is 4.98. The Kier molecular flexibility index (Phi) is 5.64. The highest BCUT2D eigenvalue weighted by molar-refractivity contribution is 5.81. The quantitative estimate of drug-likeness (QED) is 0.808. The lowest BCUT2D eigenvalue weighted by atomic mass is 10.0. The fourth-order valence-corrected chi connectivity index (χ4v) is 1.14. The van der Waals surface area contributed by atoms with Gasteiger partial charge in [0, 0.05) is 0 Å². The van der Waals surface area contributed by atoms with Gasteiger partial charge >= 0.3 is 18.2 Å². The minimum atomic E-state index is -4.64. The lowest BCUT2D eigenvalue weighted by Gasteiger charge is -2.26. The van der Waals surface area contributed by atoms with Gasteiger partial charge in [0.1, 0.15) is 11.6 Å².